The third kappa shape index (κ3) is 3.36. The van der Waals surface area contributed by atoms with E-state index in [1.807, 2.05) is 55.8 Å². The molecule has 0 aliphatic heterocycles. The van der Waals surface area contributed by atoms with Crippen molar-refractivity contribution in [2.75, 3.05) is 11.9 Å². The molecule has 0 saturated heterocycles. The topological polar surface area (TPSA) is 55.6 Å². The molecule has 0 aliphatic carbocycles. The molecule has 5 nitrogen and oxygen atoms in total. The highest BCUT2D eigenvalue weighted by atomic mass is 35.5. The molecule has 0 saturated carbocycles. The first-order chi connectivity index (χ1) is 11.4. The van der Waals surface area contributed by atoms with Crippen molar-refractivity contribution in [2.24, 2.45) is 0 Å². The van der Waals surface area contributed by atoms with Crippen LogP contribution in [-0.2, 0) is 4.79 Å². The molecule has 3 rings (SSSR count). The van der Waals surface area contributed by atoms with Crippen molar-refractivity contribution in [1.82, 2.24) is 9.38 Å². The molecule has 0 unspecified atom stereocenters. The van der Waals surface area contributed by atoms with E-state index in [0.29, 0.717) is 22.1 Å². The number of hydrogen-bond acceptors (Lipinski definition) is 3. The molecule has 1 N–H and O–H groups in total. The molecular formula is C18H18ClN3O2. The van der Waals surface area contributed by atoms with E-state index in [2.05, 4.69) is 10.3 Å². The molecule has 0 aliphatic rings. The second-order valence-electron chi connectivity index (χ2n) is 5.76. The lowest BCUT2D eigenvalue weighted by molar-refractivity contribution is -0.118. The number of aryl methyl sites for hydroxylation is 3. The molecule has 0 atom stereocenters. The van der Waals surface area contributed by atoms with Gasteiger partial charge < -0.3 is 14.5 Å². The Morgan fingerprint density at radius 1 is 1.33 bits per heavy atom. The maximum absolute atomic E-state index is 12.2. The Bertz CT molecular complexity index is 895. The molecule has 1 amide bonds. The van der Waals surface area contributed by atoms with E-state index in [1.54, 1.807) is 6.07 Å². The summed E-state index contributed by atoms with van der Waals surface area (Å²) in [6.07, 6.45) is 3.79. The smallest absolute Gasteiger partial charge is 0.262 e. The van der Waals surface area contributed by atoms with Crippen LogP contribution in [-0.4, -0.2) is 21.9 Å². The summed E-state index contributed by atoms with van der Waals surface area (Å²) in [4.78, 5) is 16.6. The Morgan fingerprint density at radius 2 is 2.12 bits per heavy atom. The van der Waals surface area contributed by atoms with Crippen LogP contribution in [0.1, 0.15) is 16.8 Å². The molecule has 3 aromatic rings. The van der Waals surface area contributed by atoms with Gasteiger partial charge in [-0.05, 0) is 50.1 Å². The summed E-state index contributed by atoms with van der Waals surface area (Å²) in [6, 6.07) is 7.43. The zero-order valence-corrected chi connectivity index (χ0v) is 14.5. The summed E-state index contributed by atoms with van der Waals surface area (Å²) < 4.78 is 7.50. The van der Waals surface area contributed by atoms with Gasteiger partial charge in [0.25, 0.3) is 5.91 Å². The maximum Gasteiger partial charge on any atom is 0.262 e. The van der Waals surface area contributed by atoms with Gasteiger partial charge in [0.2, 0.25) is 0 Å². The summed E-state index contributed by atoms with van der Waals surface area (Å²) in [5, 5.41) is 3.33. The summed E-state index contributed by atoms with van der Waals surface area (Å²) in [5.41, 5.74) is 4.16. The van der Waals surface area contributed by atoms with Crippen molar-refractivity contribution in [3.05, 3.63) is 58.5 Å². The number of halogens is 1. The molecule has 0 radical (unpaired) electrons. The normalized spacial score (nSPS) is 10.8. The Kier molecular flexibility index (Phi) is 4.44. The number of fused-ring (bicyclic) bond motifs is 1. The van der Waals surface area contributed by atoms with Gasteiger partial charge in [0.1, 0.15) is 0 Å². The van der Waals surface area contributed by atoms with Crippen molar-refractivity contribution < 1.29 is 9.53 Å². The van der Waals surface area contributed by atoms with E-state index < -0.39 is 0 Å². The van der Waals surface area contributed by atoms with Crippen molar-refractivity contribution >= 4 is 28.8 Å². The Balaban J connectivity index is 1.72. The Hall–Kier alpha value is -2.53. The van der Waals surface area contributed by atoms with Gasteiger partial charge in [-0.2, -0.15) is 0 Å². The Morgan fingerprint density at radius 3 is 2.88 bits per heavy atom. The van der Waals surface area contributed by atoms with Crippen LogP contribution >= 0.6 is 11.6 Å². The van der Waals surface area contributed by atoms with Gasteiger partial charge in [-0.1, -0.05) is 17.7 Å². The first kappa shape index (κ1) is 16.3. The number of pyridine rings is 1. The summed E-state index contributed by atoms with van der Waals surface area (Å²) in [5.74, 6) is 0.293. The van der Waals surface area contributed by atoms with Crippen LogP contribution in [0.15, 0.2) is 36.7 Å². The Labute approximate surface area is 145 Å². The van der Waals surface area contributed by atoms with Crippen molar-refractivity contribution in [1.29, 1.82) is 0 Å². The van der Waals surface area contributed by atoms with E-state index in [-0.39, 0.29) is 12.5 Å². The van der Waals surface area contributed by atoms with E-state index in [4.69, 9.17) is 16.3 Å². The molecule has 2 aromatic heterocycles. The third-order valence-corrected chi connectivity index (χ3v) is 3.92. The summed E-state index contributed by atoms with van der Waals surface area (Å²) in [6.45, 7) is 5.66. The number of anilines is 1. The number of ether oxygens (including phenoxy) is 1. The van der Waals surface area contributed by atoms with Crippen molar-refractivity contribution in [2.45, 2.75) is 20.8 Å². The van der Waals surface area contributed by atoms with Gasteiger partial charge in [-0.3, -0.25) is 4.79 Å². The van der Waals surface area contributed by atoms with Crippen LogP contribution in [0.25, 0.3) is 5.65 Å². The van der Waals surface area contributed by atoms with Crippen LogP contribution in [0, 0.1) is 20.8 Å². The van der Waals surface area contributed by atoms with E-state index in [0.717, 1.165) is 16.8 Å². The minimum absolute atomic E-state index is 0.116. The fraction of sp³-hybridized carbons (Fsp3) is 0.222. The highest BCUT2D eigenvalue weighted by molar-refractivity contribution is 6.34. The highest BCUT2D eigenvalue weighted by Gasteiger charge is 2.12. The second kappa shape index (κ2) is 6.53. The number of amides is 1. The first-order valence-electron chi connectivity index (χ1n) is 7.58. The summed E-state index contributed by atoms with van der Waals surface area (Å²) >= 11 is 6.21. The highest BCUT2D eigenvalue weighted by Crippen LogP contribution is 2.27. The number of benzene rings is 1. The standard InChI is InChI=1S/C18H18ClN3O2/c1-11-7-12(2)17(14(19)8-11)21-16(23)10-24-15-5-4-6-22-9-13(3)20-18(15)22/h4-9H,10H2,1-3H3,(H,21,23). The quantitative estimate of drug-likeness (QED) is 0.780. The van der Waals surface area contributed by atoms with E-state index in [9.17, 15) is 4.79 Å². The molecule has 0 bridgehead atoms. The van der Waals surface area contributed by atoms with Crippen LogP contribution in [0.5, 0.6) is 5.75 Å². The van der Waals surface area contributed by atoms with Gasteiger partial charge in [0.05, 0.1) is 16.4 Å². The third-order valence-electron chi connectivity index (χ3n) is 3.62. The van der Waals surface area contributed by atoms with Gasteiger partial charge in [0, 0.05) is 12.4 Å². The van der Waals surface area contributed by atoms with E-state index >= 15 is 0 Å². The zero-order valence-electron chi connectivity index (χ0n) is 13.8. The number of hydrogen-bond donors (Lipinski definition) is 1. The monoisotopic (exact) mass is 343 g/mol. The second-order valence-corrected chi connectivity index (χ2v) is 6.17. The minimum Gasteiger partial charge on any atom is -0.480 e. The number of nitrogens with zero attached hydrogens (tertiary/aromatic N) is 2. The van der Waals surface area contributed by atoms with Gasteiger partial charge in [0.15, 0.2) is 18.0 Å². The average molecular weight is 344 g/mol. The molecule has 1 aromatic carbocycles. The number of carbonyl (C=O) groups excluding carboxylic acids is 1. The number of aromatic nitrogens is 2. The zero-order chi connectivity index (χ0) is 17.3. The number of imidazole rings is 1. The summed E-state index contributed by atoms with van der Waals surface area (Å²) in [7, 11) is 0. The molecule has 0 spiro atoms. The van der Waals surface area contributed by atoms with Gasteiger partial charge >= 0.3 is 0 Å². The predicted octanol–water partition coefficient (Wildman–Crippen LogP) is 3.93. The molecule has 0 fully saturated rings. The SMILES string of the molecule is Cc1cc(C)c(NC(=O)COc2cccn3cc(C)nc23)c(Cl)c1. The van der Waals surface area contributed by atoms with Crippen LogP contribution < -0.4 is 10.1 Å². The van der Waals surface area contributed by atoms with Crippen LogP contribution in [0.4, 0.5) is 5.69 Å². The number of carbonyl (C=O) groups is 1. The molecule has 2 heterocycles. The number of nitrogens with one attached hydrogen (secondary N) is 1. The average Bonchev–Trinajstić information content (AvgIpc) is 2.89. The first-order valence-corrected chi connectivity index (χ1v) is 7.95. The fourth-order valence-electron chi connectivity index (χ4n) is 2.62. The van der Waals surface area contributed by atoms with Crippen molar-refractivity contribution in [3.63, 3.8) is 0 Å². The minimum atomic E-state index is -0.269. The lowest BCUT2D eigenvalue weighted by Gasteiger charge is -2.12. The molecule has 6 heteroatoms. The van der Waals surface area contributed by atoms with Gasteiger partial charge in [-0.25, -0.2) is 4.98 Å². The molecule has 124 valence electrons. The lowest BCUT2D eigenvalue weighted by Crippen LogP contribution is -2.21. The van der Waals surface area contributed by atoms with Crippen molar-refractivity contribution in [3.8, 4) is 5.75 Å². The van der Waals surface area contributed by atoms with Gasteiger partial charge in [-0.15, -0.1) is 0 Å². The molecular weight excluding hydrogens is 326 g/mol. The largest absolute Gasteiger partial charge is 0.480 e. The molecule has 24 heavy (non-hydrogen) atoms. The predicted molar refractivity (Wildman–Crippen MR) is 95.0 cm³/mol. The van der Waals surface area contributed by atoms with Crippen LogP contribution in [0.2, 0.25) is 5.02 Å². The number of rotatable bonds is 4. The van der Waals surface area contributed by atoms with Crippen LogP contribution in [0.3, 0.4) is 0 Å². The lowest BCUT2D eigenvalue weighted by atomic mass is 10.1. The van der Waals surface area contributed by atoms with E-state index in [1.165, 1.54) is 0 Å². The maximum atomic E-state index is 12.2. The fourth-order valence-corrected chi connectivity index (χ4v) is 2.98.